The van der Waals surface area contributed by atoms with Gasteiger partial charge in [-0.2, -0.15) is 0 Å². The van der Waals surface area contributed by atoms with Gasteiger partial charge in [-0.3, -0.25) is 4.79 Å². The molecule has 68 valence electrons. The monoisotopic (exact) mass is 159 g/mol. The molecule has 1 rings (SSSR count). The maximum atomic E-state index is 10.2. The van der Waals surface area contributed by atoms with Gasteiger partial charge in [0.2, 0.25) is 0 Å². The van der Waals surface area contributed by atoms with E-state index in [0.717, 1.165) is 32.2 Å². The topological polar surface area (TPSA) is 43.1 Å². The van der Waals surface area contributed by atoms with E-state index < -0.39 is 0 Å². The van der Waals surface area contributed by atoms with Crippen molar-refractivity contribution in [2.24, 2.45) is 11.7 Å². The summed E-state index contributed by atoms with van der Waals surface area (Å²) in [6.45, 7) is 5.00. The van der Waals surface area contributed by atoms with Crippen LogP contribution in [0.25, 0.3) is 0 Å². The smallest absolute Gasteiger partial charge is 0.132 e. The molecule has 11 heavy (non-hydrogen) atoms. The molecule has 2 heteroatoms. The first-order chi connectivity index (χ1) is 5.16. The minimum absolute atomic E-state index is 0. The number of ketones is 1. The van der Waals surface area contributed by atoms with Crippen molar-refractivity contribution in [3.8, 4) is 0 Å². The fourth-order valence-electron chi connectivity index (χ4n) is 0.769. The molecule has 0 aromatic carbocycles. The van der Waals surface area contributed by atoms with Crippen molar-refractivity contribution in [1.82, 2.24) is 0 Å². The number of rotatable bonds is 1. The molecule has 2 N–H and O–H groups in total. The first-order valence-corrected chi connectivity index (χ1v) is 4.38. The van der Waals surface area contributed by atoms with Gasteiger partial charge in [-0.25, -0.2) is 0 Å². The molecule has 0 heterocycles. The Morgan fingerprint density at radius 2 is 1.82 bits per heavy atom. The molecule has 0 bridgehead atoms. The second-order valence-corrected chi connectivity index (χ2v) is 3.38. The zero-order valence-corrected chi connectivity index (χ0v) is 7.60. The van der Waals surface area contributed by atoms with Crippen molar-refractivity contribution < 1.29 is 6.22 Å². The van der Waals surface area contributed by atoms with E-state index in [4.69, 9.17) is 5.73 Å². The van der Waals surface area contributed by atoms with Crippen molar-refractivity contribution in [2.75, 3.05) is 6.54 Å². The van der Waals surface area contributed by atoms with Gasteiger partial charge in [-0.1, -0.05) is 13.8 Å². The van der Waals surface area contributed by atoms with Gasteiger partial charge in [0.15, 0.2) is 0 Å². The number of nitrogens with two attached hydrogens (primary N) is 1. The Morgan fingerprint density at radius 3 is 1.91 bits per heavy atom. The Hall–Kier alpha value is -0.370. The van der Waals surface area contributed by atoms with Crippen molar-refractivity contribution in [3.63, 3.8) is 0 Å². The average molecular weight is 159 g/mol. The molecule has 0 radical (unpaired) electrons. The molecule has 0 amide bonds. The zero-order valence-electron chi connectivity index (χ0n) is 7.60. The fourth-order valence-corrected chi connectivity index (χ4v) is 0.769. The molecule has 1 saturated carbocycles. The van der Waals surface area contributed by atoms with Gasteiger partial charge < -0.3 is 5.73 Å². The minimum atomic E-state index is 0. The molecule has 0 aromatic heterocycles. The van der Waals surface area contributed by atoms with Crippen molar-refractivity contribution >= 4 is 5.78 Å². The molecule has 1 aliphatic rings. The second kappa shape index (κ2) is 6.35. The zero-order chi connectivity index (χ0) is 8.69. The molecule has 0 spiro atoms. The largest absolute Gasteiger partial charge is 0.330 e. The molecule has 2 nitrogen and oxygen atoms in total. The van der Waals surface area contributed by atoms with E-state index in [-0.39, 0.29) is 1.43 Å². The van der Waals surface area contributed by atoms with E-state index in [2.05, 4.69) is 13.8 Å². The van der Waals surface area contributed by atoms with E-state index >= 15 is 0 Å². The molecule has 0 aliphatic heterocycles. The van der Waals surface area contributed by atoms with Crippen molar-refractivity contribution in [1.29, 1.82) is 0 Å². The predicted molar refractivity (Wildman–Crippen MR) is 49.5 cm³/mol. The van der Waals surface area contributed by atoms with Gasteiger partial charge in [0, 0.05) is 14.3 Å². The lowest BCUT2D eigenvalue weighted by molar-refractivity contribution is -0.117. The average Bonchev–Trinajstić information content (AvgIpc) is 2.41. The lowest BCUT2D eigenvalue weighted by Gasteiger charge is -1.91. The highest BCUT2D eigenvalue weighted by Crippen LogP contribution is 2.11. The van der Waals surface area contributed by atoms with E-state index in [0.29, 0.717) is 11.7 Å². The number of hydrogen-bond donors (Lipinski definition) is 1. The molecular formula is C9H21NO. The van der Waals surface area contributed by atoms with E-state index in [9.17, 15) is 4.79 Å². The number of carbonyl (C=O) groups is 1. The van der Waals surface area contributed by atoms with Gasteiger partial charge in [-0.05, 0) is 25.3 Å². The van der Waals surface area contributed by atoms with E-state index in [1.165, 1.54) is 0 Å². The van der Waals surface area contributed by atoms with Crippen LogP contribution in [0.15, 0.2) is 0 Å². The third kappa shape index (κ3) is 7.53. The molecule has 0 aromatic rings. The SMILES string of the molecule is CC(C)CN.O=C1CCCC1.[HH]. The molecule has 1 aliphatic carbocycles. The lowest BCUT2D eigenvalue weighted by Crippen LogP contribution is -2.05. The van der Waals surface area contributed by atoms with Gasteiger partial charge in [-0.15, -0.1) is 0 Å². The number of carbonyl (C=O) groups excluding carboxylic acids is 1. The first kappa shape index (κ1) is 10.6. The van der Waals surface area contributed by atoms with Crippen LogP contribution < -0.4 is 5.73 Å². The summed E-state index contributed by atoms with van der Waals surface area (Å²) in [5.74, 6) is 1.12. The Morgan fingerprint density at radius 1 is 1.45 bits per heavy atom. The van der Waals surface area contributed by atoms with Crippen LogP contribution in [0.5, 0.6) is 0 Å². The van der Waals surface area contributed by atoms with Crippen LogP contribution in [0.1, 0.15) is 41.0 Å². The summed E-state index contributed by atoms with van der Waals surface area (Å²) >= 11 is 0. The quantitative estimate of drug-likeness (QED) is 0.635. The summed E-state index contributed by atoms with van der Waals surface area (Å²) in [7, 11) is 0. The Labute approximate surface area is 70.6 Å². The van der Waals surface area contributed by atoms with Crippen LogP contribution in [-0.4, -0.2) is 12.3 Å². The van der Waals surface area contributed by atoms with Crippen LogP contribution in [-0.2, 0) is 4.79 Å². The summed E-state index contributed by atoms with van der Waals surface area (Å²) in [4.78, 5) is 10.2. The highest BCUT2D eigenvalue weighted by atomic mass is 16.1. The Kier molecular flexibility index (Phi) is 6.13. The van der Waals surface area contributed by atoms with Crippen molar-refractivity contribution in [2.45, 2.75) is 39.5 Å². The summed E-state index contributed by atoms with van der Waals surface area (Å²) in [6, 6.07) is 0. The van der Waals surface area contributed by atoms with Crippen molar-refractivity contribution in [3.05, 3.63) is 0 Å². The molecule has 1 fully saturated rings. The Balaban J connectivity index is 0. The van der Waals surface area contributed by atoms with Gasteiger partial charge >= 0.3 is 0 Å². The summed E-state index contributed by atoms with van der Waals surface area (Å²) in [5.41, 5.74) is 5.17. The molecular weight excluding hydrogens is 138 g/mol. The van der Waals surface area contributed by atoms with Crippen LogP contribution in [0.4, 0.5) is 0 Å². The predicted octanol–water partition coefficient (Wildman–Crippen LogP) is 1.98. The minimum Gasteiger partial charge on any atom is -0.330 e. The highest BCUT2D eigenvalue weighted by Gasteiger charge is 2.07. The third-order valence-electron chi connectivity index (χ3n) is 1.63. The molecule has 0 atom stereocenters. The Bertz CT molecular complexity index is 107. The summed E-state index contributed by atoms with van der Waals surface area (Å²) < 4.78 is 0. The number of Topliss-reactive ketones (excluding diaryl/α,β-unsaturated/α-hetero) is 1. The number of hydrogen-bond acceptors (Lipinski definition) is 2. The molecule has 0 saturated heterocycles. The normalized spacial score (nSPS) is 16.5. The maximum Gasteiger partial charge on any atom is 0.132 e. The standard InChI is InChI=1S/C5H8O.C4H11N.H2/c6-5-3-1-2-4-5;1-4(2)3-5;/h1-4H2;4H,3,5H2,1-2H3;1H. The van der Waals surface area contributed by atoms with Crippen LogP contribution in [0.3, 0.4) is 0 Å². The third-order valence-corrected chi connectivity index (χ3v) is 1.63. The van der Waals surface area contributed by atoms with Gasteiger partial charge in [0.05, 0.1) is 0 Å². The highest BCUT2D eigenvalue weighted by molar-refractivity contribution is 5.79. The second-order valence-electron chi connectivity index (χ2n) is 3.38. The fraction of sp³-hybridized carbons (Fsp3) is 0.889. The van der Waals surface area contributed by atoms with Crippen LogP contribution in [0.2, 0.25) is 0 Å². The van der Waals surface area contributed by atoms with Crippen LogP contribution >= 0.6 is 0 Å². The van der Waals surface area contributed by atoms with Gasteiger partial charge in [0.25, 0.3) is 0 Å². The summed E-state index contributed by atoms with van der Waals surface area (Å²) in [6.07, 6.45) is 3.97. The van der Waals surface area contributed by atoms with Crippen LogP contribution in [0, 0.1) is 5.92 Å². The molecule has 0 unspecified atom stereocenters. The first-order valence-electron chi connectivity index (χ1n) is 4.38. The van der Waals surface area contributed by atoms with E-state index in [1.54, 1.807) is 0 Å². The van der Waals surface area contributed by atoms with Gasteiger partial charge in [0.1, 0.15) is 5.78 Å². The maximum absolute atomic E-state index is 10.2. The van der Waals surface area contributed by atoms with E-state index in [1.807, 2.05) is 0 Å². The lowest BCUT2D eigenvalue weighted by atomic mass is 10.2. The summed E-state index contributed by atoms with van der Waals surface area (Å²) in [5, 5.41) is 0.